The molecule has 3 aromatic rings. The lowest BCUT2D eigenvalue weighted by atomic mass is 10.0. The zero-order valence-corrected chi connectivity index (χ0v) is 14.6. The van der Waals surface area contributed by atoms with Crippen LogP contribution in [0.15, 0.2) is 84.9 Å². The van der Waals surface area contributed by atoms with Gasteiger partial charge in [0, 0.05) is 16.8 Å². The van der Waals surface area contributed by atoms with Gasteiger partial charge in [0.05, 0.1) is 0 Å². The molecule has 0 aliphatic heterocycles. The first-order valence-electron chi connectivity index (χ1n) is 8.65. The maximum Gasteiger partial charge on any atom is 0.287 e. The summed E-state index contributed by atoms with van der Waals surface area (Å²) in [6, 6.07) is 25.3. The third-order valence-electron chi connectivity index (χ3n) is 4.36. The van der Waals surface area contributed by atoms with Crippen LogP contribution in [0.4, 0.5) is 10.1 Å². The van der Waals surface area contributed by atoms with Crippen LogP contribution >= 0.6 is 0 Å². The Labute approximate surface area is 152 Å². The van der Waals surface area contributed by atoms with E-state index in [-0.39, 0.29) is 17.8 Å². The average molecular weight is 349 g/mol. The molecule has 4 heteroatoms. The molecular weight excluding hydrogens is 327 g/mol. The largest absolute Gasteiger partial charge is 0.326 e. The average Bonchev–Trinajstić information content (AvgIpc) is 2.69. The van der Waals surface area contributed by atoms with Crippen molar-refractivity contribution in [2.24, 2.45) is 0 Å². The van der Waals surface area contributed by atoms with Gasteiger partial charge in [-0.25, -0.2) is 4.39 Å². The minimum Gasteiger partial charge on any atom is -0.326 e. The molecule has 0 aliphatic carbocycles. The molecule has 2 atom stereocenters. The number of carbonyl (C=O) groups is 1. The number of carbonyl (C=O) groups excluding carboxylic acids is 1. The molecule has 3 aromatic carbocycles. The first-order valence-corrected chi connectivity index (χ1v) is 8.65. The number of hydrogen-bond donors (Lipinski definition) is 2. The molecule has 1 amide bonds. The van der Waals surface area contributed by atoms with Gasteiger partial charge in [-0.05, 0) is 31.2 Å². The second kappa shape index (κ2) is 8.41. The molecule has 3 N–H and O–H groups in total. The van der Waals surface area contributed by atoms with Crippen LogP contribution in [0.1, 0.15) is 30.1 Å². The molecule has 0 aliphatic rings. The minimum absolute atomic E-state index is 0.111. The first kappa shape index (κ1) is 17.8. The zero-order chi connectivity index (χ0) is 18.4. The van der Waals surface area contributed by atoms with Gasteiger partial charge in [0.2, 0.25) is 0 Å². The monoisotopic (exact) mass is 349 g/mol. The van der Waals surface area contributed by atoms with Crippen molar-refractivity contribution in [2.45, 2.75) is 19.0 Å². The van der Waals surface area contributed by atoms with Crippen LogP contribution in [0.2, 0.25) is 0 Å². The van der Waals surface area contributed by atoms with Crippen molar-refractivity contribution < 1.29 is 14.5 Å². The molecule has 0 saturated carbocycles. The fraction of sp³-hybridized carbons (Fsp3) is 0.136. The number of rotatable bonds is 6. The molecule has 0 heterocycles. The molecule has 0 fully saturated rings. The Kier molecular flexibility index (Phi) is 5.77. The number of quaternary nitrogens is 1. The highest BCUT2D eigenvalue weighted by Crippen LogP contribution is 2.16. The molecule has 0 unspecified atom stereocenters. The van der Waals surface area contributed by atoms with Crippen LogP contribution in [-0.2, 0) is 4.79 Å². The molecule has 3 rings (SSSR count). The quantitative estimate of drug-likeness (QED) is 0.698. The number of halogens is 1. The van der Waals surface area contributed by atoms with Gasteiger partial charge in [-0.3, -0.25) is 4.79 Å². The van der Waals surface area contributed by atoms with Gasteiger partial charge < -0.3 is 10.6 Å². The normalized spacial score (nSPS) is 13.0. The molecule has 0 spiro atoms. The molecule has 3 nitrogen and oxygen atoms in total. The lowest BCUT2D eigenvalue weighted by molar-refractivity contribution is -0.718. The van der Waals surface area contributed by atoms with Crippen LogP contribution in [0, 0.1) is 5.82 Å². The standard InChI is InChI=1S/C22H21FN2O/c1-16(17-8-4-2-5-9-17)24-21(18-10-6-3-7-11-18)22(26)25-20-14-12-19(23)13-15-20/h2-16,21,24H,1H3,(H,25,26)/p+1/t16-,21-/m0/s1. The number of nitrogens with one attached hydrogen (secondary N) is 1. The molecule has 132 valence electrons. The first-order chi connectivity index (χ1) is 12.6. The SMILES string of the molecule is C[C@H]([NH2+][C@H](C(=O)Nc1ccc(F)cc1)c1ccccc1)c1ccccc1. The fourth-order valence-corrected chi connectivity index (χ4v) is 2.92. The van der Waals surface area contributed by atoms with E-state index in [4.69, 9.17) is 0 Å². The maximum absolute atomic E-state index is 13.1. The van der Waals surface area contributed by atoms with Gasteiger partial charge in [0.15, 0.2) is 6.04 Å². The van der Waals surface area contributed by atoms with E-state index in [2.05, 4.69) is 24.4 Å². The Morgan fingerprint density at radius 1 is 0.846 bits per heavy atom. The van der Waals surface area contributed by atoms with Crippen molar-refractivity contribution in [3.63, 3.8) is 0 Å². The highest BCUT2D eigenvalue weighted by Gasteiger charge is 2.27. The highest BCUT2D eigenvalue weighted by molar-refractivity contribution is 5.94. The van der Waals surface area contributed by atoms with E-state index >= 15 is 0 Å². The predicted octanol–water partition coefficient (Wildman–Crippen LogP) is 3.83. The Morgan fingerprint density at radius 2 is 1.38 bits per heavy atom. The van der Waals surface area contributed by atoms with Gasteiger partial charge in [0.1, 0.15) is 11.9 Å². The van der Waals surface area contributed by atoms with Crippen LogP contribution in [-0.4, -0.2) is 5.91 Å². The number of benzene rings is 3. The summed E-state index contributed by atoms with van der Waals surface area (Å²) >= 11 is 0. The third-order valence-corrected chi connectivity index (χ3v) is 4.36. The molecule has 0 saturated heterocycles. The highest BCUT2D eigenvalue weighted by atomic mass is 19.1. The number of hydrogen-bond acceptors (Lipinski definition) is 1. The summed E-state index contributed by atoms with van der Waals surface area (Å²) in [6.07, 6.45) is 0. The molecule has 26 heavy (non-hydrogen) atoms. The smallest absolute Gasteiger partial charge is 0.287 e. The van der Waals surface area contributed by atoms with E-state index in [1.165, 1.54) is 12.1 Å². The van der Waals surface area contributed by atoms with E-state index in [0.29, 0.717) is 5.69 Å². The van der Waals surface area contributed by atoms with Gasteiger partial charge in [0.25, 0.3) is 5.91 Å². The predicted molar refractivity (Wildman–Crippen MR) is 101 cm³/mol. The summed E-state index contributed by atoms with van der Waals surface area (Å²) in [7, 11) is 0. The number of anilines is 1. The summed E-state index contributed by atoms with van der Waals surface area (Å²) in [5.41, 5.74) is 2.66. The maximum atomic E-state index is 13.1. The van der Waals surface area contributed by atoms with Crippen LogP contribution in [0.5, 0.6) is 0 Å². The van der Waals surface area contributed by atoms with Gasteiger partial charge in [-0.2, -0.15) is 0 Å². The summed E-state index contributed by atoms with van der Waals surface area (Å²) in [5.74, 6) is -0.461. The van der Waals surface area contributed by atoms with Crippen molar-refractivity contribution in [3.8, 4) is 0 Å². The number of amides is 1. The van der Waals surface area contributed by atoms with Crippen molar-refractivity contribution in [1.29, 1.82) is 0 Å². The molecule has 0 bridgehead atoms. The van der Waals surface area contributed by atoms with E-state index in [0.717, 1.165) is 11.1 Å². The molecule has 0 radical (unpaired) electrons. The Balaban J connectivity index is 1.81. The molecule has 0 aromatic heterocycles. The topological polar surface area (TPSA) is 45.7 Å². The van der Waals surface area contributed by atoms with Crippen molar-refractivity contribution in [2.75, 3.05) is 5.32 Å². The summed E-state index contributed by atoms with van der Waals surface area (Å²) in [4.78, 5) is 12.9. The summed E-state index contributed by atoms with van der Waals surface area (Å²) < 4.78 is 13.1. The van der Waals surface area contributed by atoms with E-state index in [9.17, 15) is 9.18 Å². The fourth-order valence-electron chi connectivity index (χ4n) is 2.92. The lowest BCUT2D eigenvalue weighted by Gasteiger charge is -2.20. The number of nitrogens with two attached hydrogens (primary N) is 1. The van der Waals surface area contributed by atoms with E-state index in [1.54, 1.807) is 12.1 Å². The van der Waals surface area contributed by atoms with E-state index < -0.39 is 6.04 Å². The Morgan fingerprint density at radius 3 is 1.96 bits per heavy atom. The van der Waals surface area contributed by atoms with Crippen LogP contribution < -0.4 is 10.6 Å². The lowest BCUT2D eigenvalue weighted by Crippen LogP contribution is -2.87. The van der Waals surface area contributed by atoms with Crippen molar-refractivity contribution in [1.82, 2.24) is 0 Å². The van der Waals surface area contributed by atoms with Gasteiger partial charge in [-0.15, -0.1) is 0 Å². The molecular formula is C22H22FN2O+. The minimum atomic E-state index is -0.406. The zero-order valence-electron chi connectivity index (χ0n) is 14.6. The van der Waals surface area contributed by atoms with E-state index in [1.807, 2.05) is 53.8 Å². The van der Waals surface area contributed by atoms with Crippen molar-refractivity contribution >= 4 is 11.6 Å². The summed E-state index contributed by atoms with van der Waals surface area (Å²) in [5, 5.41) is 4.93. The van der Waals surface area contributed by atoms with Crippen molar-refractivity contribution in [3.05, 3.63) is 102 Å². The van der Waals surface area contributed by atoms with Crippen LogP contribution in [0.3, 0.4) is 0 Å². The Hall–Kier alpha value is -2.98. The van der Waals surface area contributed by atoms with Gasteiger partial charge >= 0.3 is 0 Å². The summed E-state index contributed by atoms with van der Waals surface area (Å²) in [6.45, 7) is 2.08. The Bertz CT molecular complexity index is 835. The second-order valence-corrected chi connectivity index (χ2v) is 6.28. The second-order valence-electron chi connectivity index (χ2n) is 6.28. The van der Waals surface area contributed by atoms with Gasteiger partial charge in [-0.1, -0.05) is 60.7 Å². The van der Waals surface area contributed by atoms with Crippen LogP contribution in [0.25, 0.3) is 0 Å². The third kappa shape index (κ3) is 4.55.